The van der Waals surface area contributed by atoms with E-state index in [0.29, 0.717) is 0 Å². The molecule has 0 unspecified atom stereocenters. The fourth-order valence-electron chi connectivity index (χ4n) is 2.06. The standard InChI is InChI=1S/C14H13BrN2S2/c1-9-5-10(2)7-11(6-9)19-8-12-13(15)17-3-4-18-14(17)16-12/h3-7H,8H2,1-2H3. The van der Waals surface area contributed by atoms with Crippen LogP contribution in [0.4, 0.5) is 0 Å². The summed E-state index contributed by atoms with van der Waals surface area (Å²) >= 11 is 7.12. The number of hydrogen-bond donors (Lipinski definition) is 0. The van der Waals surface area contributed by atoms with Gasteiger partial charge in [-0.3, -0.25) is 4.40 Å². The molecule has 0 atom stereocenters. The van der Waals surface area contributed by atoms with Crippen molar-refractivity contribution in [3.8, 4) is 0 Å². The van der Waals surface area contributed by atoms with Gasteiger partial charge in [0.2, 0.25) is 0 Å². The third-order valence-corrected chi connectivity index (χ3v) is 5.42. The van der Waals surface area contributed by atoms with Gasteiger partial charge in [0, 0.05) is 22.2 Å². The quantitative estimate of drug-likeness (QED) is 0.612. The third kappa shape index (κ3) is 2.73. The molecular formula is C14H13BrN2S2. The minimum absolute atomic E-state index is 0.887. The lowest BCUT2D eigenvalue weighted by Gasteiger charge is -2.04. The van der Waals surface area contributed by atoms with Crippen LogP contribution >= 0.6 is 39.0 Å². The number of nitrogens with zero attached hydrogens (tertiary/aromatic N) is 2. The van der Waals surface area contributed by atoms with Gasteiger partial charge in [-0.15, -0.1) is 23.1 Å². The molecule has 0 radical (unpaired) electrons. The minimum Gasteiger partial charge on any atom is -0.284 e. The Labute approximate surface area is 129 Å². The van der Waals surface area contributed by atoms with E-state index in [2.05, 4.69) is 57.4 Å². The first-order chi connectivity index (χ1) is 9.13. The van der Waals surface area contributed by atoms with Crippen LogP contribution in [-0.4, -0.2) is 9.38 Å². The Balaban J connectivity index is 1.81. The van der Waals surface area contributed by atoms with Crippen molar-refractivity contribution < 1.29 is 0 Å². The second-order valence-corrected chi connectivity index (χ2v) is 7.19. The molecule has 0 saturated carbocycles. The highest BCUT2D eigenvalue weighted by molar-refractivity contribution is 9.10. The van der Waals surface area contributed by atoms with E-state index in [9.17, 15) is 0 Å². The highest BCUT2D eigenvalue weighted by Gasteiger charge is 2.10. The van der Waals surface area contributed by atoms with Gasteiger partial charge in [0.25, 0.3) is 0 Å². The molecule has 0 bridgehead atoms. The summed E-state index contributed by atoms with van der Waals surface area (Å²) in [5.74, 6) is 0.887. The molecule has 0 N–H and O–H groups in total. The second-order valence-electron chi connectivity index (χ2n) is 4.52. The smallest absolute Gasteiger partial charge is 0.194 e. The van der Waals surface area contributed by atoms with Crippen LogP contribution in [0.3, 0.4) is 0 Å². The number of aromatic nitrogens is 2. The van der Waals surface area contributed by atoms with Crippen LogP contribution in [0.15, 0.2) is 39.3 Å². The lowest BCUT2D eigenvalue weighted by atomic mass is 10.2. The largest absolute Gasteiger partial charge is 0.284 e. The van der Waals surface area contributed by atoms with Crippen molar-refractivity contribution in [3.05, 3.63) is 51.2 Å². The predicted molar refractivity (Wildman–Crippen MR) is 86.2 cm³/mol. The number of thioether (sulfide) groups is 1. The van der Waals surface area contributed by atoms with Gasteiger partial charge >= 0.3 is 0 Å². The van der Waals surface area contributed by atoms with Crippen LogP contribution in [0, 0.1) is 13.8 Å². The average molecular weight is 353 g/mol. The first-order valence-electron chi connectivity index (χ1n) is 5.94. The van der Waals surface area contributed by atoms with E-state index >= 15 is 0 Å². The third-order valence-electron chi connectivity index (χ3n) is 2.84. The van der Waals surface area contributed by atoms with Gasteiger partial charge in [-0.25, -0.2) is 4.98 Å². The zero-order chi connectivity index (χ0) is 13.4. The fraction of sp³-hybridized carbons (Fsp3) is 0.214. The maximum absolute atomic E-state index is 4.65. The highest BCUT2D eigenvalue weighted by atomic mass is 79.9. The van der Waals surface area contributed by atoms with Crippen LogP contribution in [-0.2, 0) is 5.75 Å². The molecule has 19 heavy (non-hydrogen) atoms. The lowest BCUT2D eigenvalue weighted by Crippen LogP contribution is -1.85. The van der Waals surface area contributed by atoms with Crippen LogP contribution in [0.1, 0.15) is 16.8 Å². The molecule has 3 aromatic rings. The topological polar surface area (TPSA) is 17.3 Å². The number of aryl methyl sites for hydroxylation is 2. The Morgan fingerprint density at radius 3 is 2.68 bits per heavy atom. The number of rotatable bonds is 3. The lowest BCUT2D eigenvalue weighted by molar-refractivity contribution is 1.16. The molecule has 2 nitrogen and oxygen atoms in total. The maximum Gasteiger partial charge on any atom is 0.194 e. The Hall–Kier alpha value is -0.780. The maximum atomic E-state index is 4.65. The molecule has 0 aliphatic rings. The number of benzene rings is 1. The number of imidazole rings is 1. The van der Waals surface area contributed by atoms with Crippen molar-refractivity contribution in [2.24, 2.45) is 0 Å². The summed E-state index contributed by atoms with van der Waals surface area (Å²) in [4.78, 5) is 7.00. The number of thiazole rings is 1. The Morgan fingerprint density at radius 2 is 2.00 bits per heavy atom. The van der Waals surface area contributed by atoms with Gasteiger partial charge < -0.3 is 0 Å². The van der Waals surface area contributed by atoms with Crippen LogP contribution in [0.25, 0.3) is 4.96 Å². The number of fused-ring (bicyclic) bond motifs is 1. The van der Waals surface area contributed by atoms with Crippen molar-refractivity contribution in [1.82, 2.24) is 9.38 Å². The molecule has 0 aliphatic carbocycles. The second kappa shape index (κ2) is 5.31. The van der Waals surface area contributed by atoms with Crippen molar-refractivity contribution in [1.29, 1.82) is 0 Å². The van der Waals surface area contributed by atoms with E-state index in [1.54, 1.807) is 11.3 Å². The normalized spacial score (nSPS) is 11.3. The van der Waals surface area contributed by atoms with Crippen LogP contribution in [0.2, 0.25) is 0 Å². The number of halogens is 1. The first kappa shape index (κ1) is 13.2. The summed E-state index contributed by atoms with van der Waals surface area (Å²) in [7, 11) is 0. The molecule has 0 spiro atoms. The summed E-state index contributed by atoms with van der Waals surface area (Å²) in [6.07, 6.45) is 2.04. The van der Waals surface area contributed by atoms with E-state index < -0.39 is 0 Å². The molecule has 98 valence electrons. The van der Waals surface area contributed by atoms with Gasteiger partial charge in [0.15, 0.2) is 4.96 Å². The summed E-state index contributed by atoms with van der Waals surface area (Å²) in [5.41, 5.74) is 3.73. The van der Waals surface area contributed by atoms with Gasteiger partial charge in [0.05, 0.1) is 5.69 Å². The van der Waals surface area contributed by atoms with E-state index in [1.807, 2.05) is 23.3 Å². The molecule has 5 heteroatoms. The molecule has 2 aromatic heterocycles. The zero-order valence-electron chi connectivity index (χ0n) is 10.7. The van der Waals surface area contributed by atoms with Gasteiger partial charge in [0.1, 0.15) is 4.60 Å². The summed E-state index contributed by atoms with van der Waals surface area (Å²) in [5, 5.41) is 2.05. The van der Waals surface area contributed by atoms with Crippen molar-refractivity contribution in [3.63, 3.8) is 0 Å². The van der Waals surface area contributed by atoms with Gasteiger partial charge in [-0.2, -0.15) is 0 Å². The summed E-state index contributed by atoms with van der Waals surface area (Å²) in [6, 6.07) is 6.65. The molecule has 0 fully saturated rings. The van der Waals surface area contributed by atoms with E-state index in [1.165, 1.54) is 16.0 Å². The SMILES string of the molecule is Cc1cc(C)cc(SCc2nc3sccn3c2Br)c1. The van der Waals surface area contributed by atoms with E-state index in [-0.39, 0.29) is 0 Å². The number of hydrogen-bond acceptors (Lipinski definition) is 3. The highest BCUT2D eigenvalue weighted by Crippen LogP contribution is 2.29. The Bertz CT molecular complexity index is 710. The van der Waals surface area contributed by atoms with Gasteiger partial charge in [-0.05, 0) is 53.0 Å². The minimum atomic E-state index is 0.887. The van der Waals surface area contributed by atoms with E-state index in [0.717, 1.165) is 21.0 Å². The fourth-order valence-corrected chi connectivity index (χ4v) is 4.66. The molecular weight excluding hydrogens is 340 g/mol. The Morgan fingerprint density at radius 1 is 1.26 bits per heavy atom. The first-order valence-corrected chi connectivity index (χ1v) is 8.60. The summed E-state index contributed by atoms with van der Waals surface area (Å²) < 4.78 is 3.16. The Kier molecular flexibility index (Phi) is 3.69. The van der Waals surface area contributed by atoms with E-state index in [4.69, 9.17) is 0 Å². The van der Waals surface area contributed by atoms with Crippen molar-refractivity contribution in [2.45, 2.75) is 24.5 Å². The van der Waals surface area contributed by atoms with Crippen molar-refractivity contribution >= 4 is 44.0 Å². The average Bonchev–Trinajstić information content (AvgIpc) is 2.89. The molecule has 0 saturated heterocycles. The predicted octanol–water partition coefficient (Wildman–Crippen LogP) is 5.07. The zero-order valence-corrected chi connectivity index (χ0v) is 13.9. The molecule has 3 rings (SSSR count). The van der Waals surface area contributed by atoms with Crippen molar-refractivity contribution in [2.75, 3.05) is 0 Å². The molecule has 0 aliphatic heterocycles. The van der Waals surface area contributed by atoms with Crippen LogP contribution < -0.4 is 0 Å². The summed E-state index contributed by atoms with van der Waals surface area (Å²) in [6.45, 7) is 4.28. The molecule has 0 amide bonds. The monoisotopic (exact) mass is 352 g/mol. The molecule has 2 heterocycles. The van der Waals surface area contributed by atoms with Gasteiger partial charge in [-0.1, -0.05) is 6.07 Å². The van der Waals surface area contributed by atoms with Crippen LogP contribution in [0.5, 0.6) is 0 Å². The molecule has 1 aromatic carbocycles.